The average molecular weight is 369 g/mol. The van der Waals surface area contributed by atoms with E-state index in [0.717, 1.165) is 28.3 Å². The van der Waals surface area contributed by atoms with Crippen LogP contribution in [0.5, 0.6) is 17.2 Å². The zero-order chi connectivity index (χ0) is 19.8. The van der Waals surface area contributed by atoms with Crippen LogP contribution in [0.3, 0.4) is 0 Å². The molecule has 144 valence electrons. The first-order valence-corrected chi connectivity index (χ1v) is 8.84. The van der Waals surface area contributed by atoms with Gasteiger partial charge in [-0.05, 0) is 51.5 Å². The molecule has 0 spiro atoms. The van der Waals surface area contributed by atoms with Crippen molar-refractivity contribution in [2.24, 2.45) is 0 Å². The third-order valence-corrected chi connectivity index (χ3v) is 4.20. The number of nitrogens with zero attached hydrogens (tertiary/aromatic N) is 2. The molecule has 2 heterocycles. The Labute approximate surface area is 160 Å². The summed E-state index contributed by atoms with van der Waals surface area (Å²) < 4.78 is 18.6. The molecule has 27 heavy (non-hydrogen) atoms. The number of ether oxygens (including phenoxy) is 3. The Bertz CT molecular complexity index is 946. The van der Waals surface area contributed by atoms with E-state index in [4.69, 9.17) is 19.2 Å². The van der Waals surface area contributed by atoms with Crippen molar-refractivity contribution in [3.05, 3.63) is 36.0 Å². The van der Waals surface area contributed by atoms with Crippen molar-refractivity contribution >= 4 is 11.5 Å². The van der Waals surface area contributed by atoms with Crippen molar-refractivity contribution in [2.45, 2.75) is 33.2 Å². The summed E-state index contributed by atoms with van der Waals surface area (Å²) in [5.74, 6) is 2.69. The Kier molecular flexibility index (Phi) is 4.91. The number of pyridine rings is 1. The molecule has 1 N–H and O–H groups in total. The van der Waals surface area contributed by atoms with Crippen molar-refractivity contribution in [1.82, 2.24) is 9.38 Å². The summed E-state index contributed by atoms with van der Waals surface area (Å²) in [6, 6.07) is 7.92. The third kappa shape index (κ3) is 3.65. The lowest BCUT2D eigenvalue weighted by atomic mass is 10.1. The van der Waals surface area contributed by atoms with Crippen molar-refractivity contribution < 1.29 is 14.2 Å². The van der Waals surface area contributed by atoms with Crippen LogP contribution in [0.4, 0.5) is 5.82 Å². The summed E-state index contributed by atoms with van der Waals surface area (Å²) in [4.78, 5) is 4.86. The molecule has 3 aromatic rings. The molecule has 0 saturated heterocycles. The Hall–Kier alpha value is -2.89. The van der Waals surface area contributed by atoms with E-state index in [1.807, 2.05) is 18.2 Å². The molecule has 0 aliphatic heterocycles. The maximum atomic E-state index is 5.51. The molecule has 6 nitrogen and oxygen atoms in total. The lowest BCUT2D eigenvalue weighted by molar-refractivity contribution is 0.324. The van der Waals surface area contributed by atoms with Gasteiger partial charge in [-0.1, -0.05) is 6.07 Å². The van der Waals surface area contributed by atoms with Crippen LogP contribution < -0.4 is 19.5 Å². The Morgan fingerprint density at radius 3 is 2.11 bits per heavy atom. The molecule has 0 unspecified atom stereocenters. The summed E-state index contributed by atoms with van der Waals surface area (Å²) in [6.07, 6.45) is 2.08. The fourth-order valence-electron chi connectivity index (χ4n) is 3.04. The minimum absolute atomic E-state index is 0.130. The quantitative estimate of drug-likeness (QED) is 0.715. The van der Waals surface area contributed by atoms with Gasteiger partial charge in [0.15, 0.2) is 11.5 Å². The number of hydrogen-bond donors (Lipinski definition) is 1. The second-order valence-corrected chi connectivity index (χ2v) is 7.53. The van der Waals surface area contributed by atoms with Crippen LogP contribution in [0.25, 0.3) is 16.9 Å². The van der Waals surface area contributed by atoms with E-state index in [-0.39, 0.29) is 5.54 Å². The molecule has 6 heteroatoms. The van der Waals surface area contributed by atoms with E-state index in [2.05, 4.69) is 49.7 Å². The predicted molar refractivity (Wildman–Crippen MR) is 108 cm³/mol. The topological polar surface area (TPSA) is 57.0 Å². The van der Waals surface area contributed by atoms with Gasteiger partial charge in [-0.25, -0.2) is 4.98 Å². The van der Waals surface area contributed by atoms with Gasteiger partial charge in [-0.2, -0.15) is 0 Å². The number of aromatic nitrogens is 2. The fraction of sp³-hybridized carbons (Fsp3) is 0.381. The van der Waals surface area contributed by atoms with Crippen LogP contribution >= 0.6 is 0 Å². The number of imidazole rings is 1. The first kappa shape index (κ1) is 18.9. The zero-order valence-corrected chi connectivity index (χ0v) is 17.0. The molecule has 0 amide bonds. The van der Waals surface area contributed by atoms with Gasteiger partial charge >= 0.3 is 0 Å². The SMILES string of the molecule is COc1cc(-c2nc3ccc(C)cn3c2NC(C)(C)C)cc(OC)c1OC. The largest absolute Gasteiger partial charge is 0.493 e. The highest BCUT2D eigenvalue weighted by atomic mass is 16.5. The van der Waals surface area contributed by atoms with Crippen LogP contribution in [0.1, 0.15) is 26.3 Å². The van der Waals surface area contributed by atoms with Crippen LogP contribution in [0.2, 0.25) is 0 Å². The molecule has 0 atom stereocenters. The molecule has 3 rings (SSSR count). The summed E-state index contributed by atoms with van der Waals surface area (Å²) >= 11 is 0. The molecule has 0 aliphatic carbocycles. The fourth-order valence-corrected chi connectivity index (χ4v) is 3.04. The molecule has 0 saturated carbocycles. The van der Waals surface area contributed by atoms with Gasteiger partial charge in [0.1, 0.15) is 17.2 Å². The van der Waals surface area contributed by atoms with E-state index in [0.29, 0.717) is 17.2 Å². The highest BCUT2D eigenvalue weighted by molar-refractivity contribution is 5.80. The van der Waals surface area contributed by atoms with Gasteiger partial charge < -0.3 is 19.5 Å². The predicted octanol–water partition coefficient (Wildman–Crippen LogP) is 4.55. The van der Waals surface area contributed by atoms with Gasteiger partial charge in [-0.15, -0.1) is 0 Å². The zero-order valence-electron chi connectivity index (χ0n) is 17.0. The van der Waals surface area contributed by atoms with Crippen LogP contribution in [0.15, 0.2) is 30.5 Å². The standard InChI is InChI=1S/C21H27N3O3/c1-13-8-9-17-22-18(20(24(17)12-13)23-21(2,3)4)14-10-15(25-5)19(27-7)16(11-14)26-6/h8-12,23H,1-7H3. The molecule has 0 radical (unpaired) electrons. The van der Waals surface area contributed by atoms with Crippen LogP contribution in [-0.2, 0) is 0 Å². The van der Waals surface area contributed by atoms with Gasteiger partial charge in [0.05, 0.1) is 21.3 Å². The molecular formula is C21H27N3O3. The number of anilines is 1. The first-order chi connectivity index (χ1) is 12.8. The summed E-state index contributed by atoms with van der Waals surface area (Å²) in [7, 11) is 4.82. The maximum Gasteiger partial charge on any atom is 0.203 e. The van der Waals surface area contributed by atoms with Gasteiger partial charge in [0.2, 0.25) is 5.75 Å². The number of methoxy groups -OCH3 is 3. The van der Waals surface area contributed by atoms with Crippen LogP contribution in [0, 0.1) is 6.92 Å². The summed E-state index contributed by atoms with van der Waals surface area (Å²) in [6.45, 7) is 8.45. The third-order valence-electron chi connectivity index (χ3n) is 4.20. The number of aryl methyl sites for hydroxylation is 1. The van der Waals surface area contributed by atoms with Crippen molar-refractivity contribution in [1.29, 1.82) is 0 Å². The molecule has 0 aliphatic rings. The van der Waals surface area contributed by atoms with Gasteiger partial charge in [0, 0.05) is 17.3 Å². The lowest BCUT2D eigenvalue weighted by Crippen LogP contribution is -2.27. The minimum atomic E-state index is -0.130. The second kappa shape index (κ2) is 7.02. The normalized spacial score (nSPS) is 11.5. The Morgan fingerprint density at radius 2 is 1.59 bits per heavy atom. The number of benzene rings is 1. The smallest absolute Gasteiger partial charge is 0.203 e. The number of fused-ring (bicyclic) bond motifs is 1. The lowest BCUT2D eigenvalue weighted by Gasteiger charge is -2.23. The summed E-state index contributed by atoms with van der Waals surface area (Å²) in [5, 5.41) is 3.59. The van der Waals surface area contributed by atoms with E-state index in [1.165, 1.54) is 0 Å². The molecule has 2 aromatic heterocycles. The number of nitrogens with one attached hydrogen (secondary N) is 1. The minimum Gasteiger partial charge on any atom is -0.493 e. The first-order valence-electron chi connectivity index (χ1n) is 8.84. The Morgan fingerprint density at radius 1 is 0.963 bits per heavy atom. The van der Waals surface area contributed by atoms with E-state index < -0.39 is 0 Å². The van der Waals surface area contributed by atoms with Crippen molar-refractivity contribution in [2.75, 3.05) is 26.6 Å². The van der Waals surface area contributed by atoms with E-state index in [9.17, 15) is 0 Å². The van der Waals surface area contributed by atoms with Crippen molar-refractivity contribution in [3.8, 4) is 28.5 Å². The second-order valence-electron chi connectivity index (χ2n) is 7.53. The highest BCUT2D eigenvalue weighted by Crippen LogP contribution is 2.43. The van der Waals surface area contributed by atoms with Gasteiger partial charge in [-0.3, -0.25) is 4.40 Å². The van der Waals surface area contributed by atoms with Gasteiger partial charge in [0.25, 0.3) is 0 Å². The number of rotatable bonds is 5. The molecule has 0 fully saturated rings. The highest BCUT2D eigenvalue weighted by Gasteiger charge is 2.22. The monoisotopic (exact) mass is 369 g/mol. The van der Waals surface area contributed by atoms with Crippen molar-refractivity contribution in [3.63, 3.8) is 0 Å². The number of hydrogen-bond acceptors (Lipinski definition) is 5. The average Bonchev–Trinajstić information content (AvgIpc) is 2.96. The molecule has 0 bridgehead atoms. The van der Waals surface area contributed by atoms with E-state index >= 15 is 0 Å². The van der Waals surface area contributed by atoms with E-state index in [1.54, 1.807) is 21.3 Å². The maximum absolute atomic E-state index is 5.51. The molecule has 1 aromatic carbocycles. The molecular weight excluding hydrogens is 342 g/mol. The summed E-state index contributed by atoms with van der Waals surface area (Å²) in [5.41, 5.74) is 3.62. The Balaban J connectivity index is 2.29. The van der Waals surface area contributed by atoms with Crippen LogP contribution in [-0.4, -0.2) is 36.3 Å².